The fourth-order valence-electron chi connectivity index (χ4n) is 1.36. The summed E-state index contributed by atoms with van der Waals surface area (Å²) >= 11 is 0. The molecule has 1 aromatic heterocycles. The first-order valence-electron chi connectivity index (χ1n) is 5.88. The van der Waals surface area contributed by atoms with Crippen LogP contribution >= 0.6 is 0 Å². The molecule has 0 spiro atoms. The Hall–Kier alpha value is -1.71. The van der Waals surface area contributed by atoms with Crippen molar-refractivity contribution >= 4 is 11.8 Å². The van der Waals surface area contributed by atoms with Gasteiger partial charge in [0, 0.05) is 6.20 Å². The highest BCUT2D eigenvalue weighted by Crippen LogP contribution is 2.01. The summed E-state index contributed by atoms with van der Waals surface area (Å²) in [6.07, 6.45) is 5.53. The molecular formula is C13H17NO3. The molecule has 0 amide bonds. The Kier molecular flexibility index (Phi) is 5.93. The van der Waals surface area contributed by atoms with Gasteiger partial charge in [0.25, 0.3) is 5.78 Å². The van der Waals surface area contributed by atoms with Crippen molar-refractivity contribution in [2.24, 2.45) is 0 Å². The Morgan fingerprint density at radius 2 is 2.06 bits per heavy atom. The number of hydrogen-bond donors (Lipinski definition) is 0. The highest BCUT2D eigenvalue weighted by Gasteiger charge is 2.18. The van der Waals surface area contributed by atoms with E-state index in [4.69, 9.17) is 4.74 Å². The van der Waals surface area contributed by atoms with Gasteiger partial charge in [-0.15, -0.1) is 0 Å². The van der Waals surface area contributed by atoms with Gasteiger partial charge in [-0.3, -0.25) is 9.78 Å². The second-order valence-corrected chi connectivity index (χ2v) is 3.74. The van der Waals surface area contributed by atoms with Crippen LogP contribution in [0.2, 0.25) is 0 Å². The number of carbonyl (C=O) groups is 2. The number of Topliss-reactive ketones (excluding diaryl/α,β-unsaturated/α-hetero) is 1. The molecule has 1 rings (SSSR count). The van der Waals surface area contributed by atoms with Gasteiger partial charge in [-0.05, 0) is 18.6 Å². The molecule has 1 heterocycles. The van der Waals surface area contributed by atoms with E-state index in [0.717, 1.165) is 25.7 Å². The monoisotopic (exact) mass is 235 g/mol. The predicted octanol–water partition coefficient (Wildman–Crippen LogP) is 2.39. The Morgan fingerprint density at radius 3 is 2.71 bits per heavy atom. The number of pyridine rings is 1. The quantitative estimate of drug-likeness (QED) is 0.315. The first-order valence-corrected chi connectivity index (χ1v) is 5.88. The van der Waals surface area contributed by atoms with Crippen LogP contribution in [0.5, 0.6) is 0 Å². The van der Waals surface area contributed by atoms with Gasteiger partial charge < -0.3 is 4.74 Å². The lowest BCUT2D eigenvalue weighted by atomic mass is 10.2. The lowest BCUT2D eigenvalue weighted by molar-refractivity contribution is -0.138. The highest BCUT2D eigenvalue weighted by atomic mass is 16.5. The average molecular weight is 235 g/mol. The molecule has 0 radical (unpaired) electrons. The molecule has 0 saturated heterocycles. The standard InChI is InChI=1S/C13H17NO3/c1-2-3-4-7-10-17-13(16)12(15)11-8-5-6-9-14-11/h5-6,8-9H,2-4,7,10H2,1H3. The number of hydrogen-bond acceptors (Lipinski definition) is 4. The minimum atomic E-state index is -0.819. The Balaban J connectivity index is 2.31. The summed E-state index contributed by atoms with van der Waals surface area (Å²) in [6.45, 7) is 2.41. The number of esters is 1. The van der Waals surface area contributed by atoms with E-state index in [1.165, 1.54) is 12.3 Å². The molecule has 0 unspecified atom stereocenters. The summed E-state index contributed by atoms with van der Waals surface area (Å²) in [7, 11) is 0. The van der Waals surface area contributed by atoms with Crippen molar-refractivity contribution < 1.29 is 14.3 Å². The van der Waals surface area contributed by atoms with Crippen LogP contribution in [-0.4, -0.2) is 23.3 Å². The van der Waals surface area contributed by atoms with Crippen LogP contribution in [0.15, 0.2) is 24.4 Å². The average Bonchev–Trinajstić information content (AvgIpc) is 2.38. The molecular weight excluding hydrogens is 218 g/mol. The summed E-state index contributed by atoms with van der Waals surface area (Å²) in [4.78, 5) is 26.7. The SMILES string of the molecule is CCCCCCOC(=O)C(=O)c1ccccn1. The van der Waals surface area contributed by atoms with Crippen molar-refractivity contribution in [2.45, 2.75) is 32.6 Å². The van der Waals surface area contributed by atoms with Crippen molar-refractivity contribution in [1.82, 2.24) is 4.98 Å². The Labute approximate surface area is 101 Å². The first-order chi connectivity index (χ1) is 8.25. The lowest BCUT2D eigenvalue weighted by Gasteiger charge is -2.03. The van der Waals surface area contributed by atoms with Gasteiger partial charge in [-0.25, -0.2) is 4.79 Å². The number of unbranched alkanes of at least 4 members (excludes halogenated alkanes) is 3. The third-order valence-electron chi connectivity index (χ3n) is 2.31. The molecule has 0 atom stereocenters. The molecule has 0 N–H and O–H groups in total. The van der Waals surface area contributed by atoms with Gasteiger partial charge in [-0.1, -0.05) is 32.3 Å². The van der Waals surface area contributed by atoms with Crippen LogP contribution in [0.1, 0.15) is 43.1 Å². The molecule has 0 aromatic carbocycles. The molecule has 1 aromatic rings. The zero-order chi connectivity index (χ0) is 12.5. The summed E-state index contributed by atoms with van der Waals surface area (Å²) < 4.78 is 4.88. The smallest absolute Gasteiger partial charge is 0.381 e. The second-order valence-electron chi connectivity index (χ2n) is 3.74. The van der Waals surface area contributed by atoms with Gasteiger partial charge in [0.05, 0.1) is 6.61 Å². The molecule has 0 saturated carbocycles. The van der Waals surface area contributed by atoms with E-state index >= 15 is 0 Å². The van der Waals surface area contributed by atoms with Gasteiger partial charge in [0.2, 0.25) is 0 Å². The molecule has 0 bridgehead atoms. The zero-order valence-corrected chi connectivity index (χ0v) is 10.0. The third-order valence-corrected chi connectivity index (χ3v) is 2.31. The van der Waals surface area contributed by atoms with Crippen LogP contribution in [0.25, 0.3) is 0 Å². The molecule has 4 nitrogen and oxygen atoms in total. The Bertz CT molecular complexity index is 362. The van der Waals surface area contributed by atoms with Crippen molar-refractivity contribution in [2.75, 3.05) is 6.61 Å². The number of aromatic nitrogens is 1. The van der Waals surface area contributed by atoms with Crippen LogP contribution in [0.4, 0.5) is 0 Å². The largest absolute Gasteiger partial charge is 0.460 e. The lowest BCUT2D eigenvalue weighted by Crippen LogP contribution is -2.19. The summed E-state index contributed by atoms with van der Waals surface area (Å²) in [5.41, 5.74) is 0.131. The first kappa shape index (κ1) is 13.4. The summed E-state index contributed by atoms with van der Waals surface area (Å²) in [5.74, 6) is -1.50. The van der Waals surface area contributed by atoms with E-state index in [0.29, 0.717) is 6.61 Å². The van der Waals surface area contributed by atoms with Crippen molar-refractivity contribution in [3.63, 3.8) is 0 Å². The van der Waals surface area contributed by atoms with E-state index in [-0.39, 0.29) is 5.69 Å². The third kappa shape index (κ3) is 4.76. The van der Waals surface area contributed by atoms with Crippen LogP contribution in [0.3, 0.4) is 0 Å². The van der Waals surface area contributed by atoms with Crippen LogP contribution in [-0.2, 0) is 9.53 Å². The second kappa shape index (κ2) is 7.54. The number of ketones is 1. The number of nitrogens with zero attached hydrogens (tertiary/aromatic N) is 1. The molecule has 4 heteroatoms. The molecule has 0 aliphatic heterocycles. The minimum Gasteiger partial charge on any atom is -0.460 e. The maximum atomic E-state index is 11.5. The maximum Gasteiger partial charge on any atom is 0.381 e. The summed E-state index contributed by atoms with van der Waals surface area (Å²) in [6, 6.07) is 4.85. The van der Waals surface area contributed by atoms with Crippen molar-refractivity contribution in [3.8, 4) is 0 Å². The Morgan fingerprint density at radius 1 is 1.24 bits per heavy atom. The van der Waals surface area contributed by atoms with E-state index in [1.807, 2.05) is 0 Å². The molecule has 0 fully saturated rings. The maximum absolute atomic E-state index is 11.5. The van der Waals surface area contributed by atoms with E-state index in [1.54, 1.807) is 12.1 Å². The van der Waals surface area contributed by atoms with E-state index < -0.39 is 11.8 Å². The predicted molar refractivity (Wildman–Crippen MR) is 63.7 cm³/mol. The minimum absolute atomic E-state index is 0.131. The molecule has 17 heavy (non-hydrogen) atoms. The molecule has 92 valence electrons. The van der Waals surface area contributed by atoms with Crippen LogP contribution < -0.4 is 0 Å². The van der Waals surface area contributed by atoms with E-state index in [9.17, 15) is 9.59 Å². The number of rotatable bonds is 7. The van der Waals surface area contributed by atoms with Crippen LogP contribution in [0, 0.1) is 0 Å². The zero-order valence-electron chi connectivity index (χ0n) is 10.0. The number of ether oxygens (including phenoxy) is 1. The highest BCUT2D eigenvalue weighted by molar-refractivity contribution is 6.40. The van der Waals surface area contributed by atoms with Gasteiger partial charge in [-0.2, -0.15) is 0 Å². The topological polar surface area (TPSA) is 56.3 Å². The summed E-state index contributed by atoms with van der Waals surface area (Å²) in [5, 5.41) is 0. The molecule has 0 aliphatic rings. The van der Waals surface area contributed by atoms with Gasteiger partial charge in [0.15, 0.2) is 0 Å². The number of carbonyl (C=O) groups excluding carboxylic acids is 2. The normalized spacial score (nSPS) is 9.94. The van der Waals surface area contributed by atoms with Crippen molar-refractivity contribution in [1.29, 1.82) is 0 Å². The fraction of sp³-hybridized carbons (Fsp3) is 0.462. The van der Waals surface area contributed by atoms with Crippen molar-refractivity contribution in [3.05, 3.63) is 30.1 Å². The van der Waals surface area contributed by atoms with E-state index in [2.05, 4.69) is 11.9 Å². The fourth-order valence-corrected chi connectivity index (χ4v) is 1.36. The molecule has 0 aliphatic carbocycles. The van der Waals surface area contributed by atoms with Gasteiger partial charge >= 0.3 is 5.97 Å². The van der Waals surface area contributed by atoms with Gasteiger partial charge in [0.1, 0.15) is 5.69 Å².